The van der Waals surface area contributed by atoms with Gasteiger partial charge >= 0.3 is 18.3 Å². The predicted molar refractivity (Wildman–Crippen MR) is 73.0 cm³/mol. The molecule has 2 N–H and O–H groups in total. The molecule has 0 fully saturated rings. The highest BCUT2D eigenvalue weighted by Crippen LogP contribution is 2.26. The van der Waals surface area contributed by atoms with Crippen LogP contribution in [0.15, 0.2) is 29.3 Å². The van der Waals surface area contributed by atoms with Crippen LogP contribution in [0, 0.1) is 0 Å². The van der Waals surface area contributed by atoms with Gasteiger partial charge in [0.1, 0.15) is 5.84 Å². The quantitative estimate of drug-likeness (QED) is 0.649. The molecule has 0 aromatic heterocycles. The van der Waals surface area contributed by atoms with Gasteiger partial charge in [0.2, 0.25) is 0 Å². The number of amidine groups is 1. The number of nitrogens with one attached hydrogen (secondary N) is 2. The van der Waals surface area contributed by atoms with E-state index in [2.05, 4.69) is 10.4 Å². The largest absolute Gasteiger partial charge is 0.385 e. The molecule has 0 radical (unpaired) electrons. The summed E-state index contributed by atoms with van der Waals surface area (Å²) in [7, 11) is 0. The third-order valence-electron chi connectivity index (χ3n) is 3.18. The van der Waals surface area contributed by atoms with E-state index in [0.717, 1.165) is 5.56 Å². The minimum absolute atomic E-state index is 0.158. The third-order valence-corrected chi connectivity index (χ3v) is 3.18. The van der Waals surface area contributed by atoms with Crippen molar-refractivity contribution < 1.29 is 22.4 Å². The lowest BCUT2D eigenvalue weighted by molar-refractivity contribution is -0.170. The van der Waals surface area contributed by atoms with Crippen LogP contribution in [0.3, 0.4) is 0 Å². The molecular formula is C14H15F4N3O. The summed E-state index contributed by atoms with van der Waals surface area (Å²) in [5, 5.41) is 0. The van der Waals surface area contributed by atoms with Crippen molar-refractivity contribution in [2.45, 2.75) is 38.2 Å². The van der Waals surface area contributed by atoms with Crippen molar-refractivity contribution in [3.8, 4) is 0 Å². The fourth-order valence-corrected chi connectivity index (χ4v) is 2.17. The molecule has 1 aliphatic rings. The Balaban J connectivity index is 2.18. The van der Waals surface area contributed by atoms with Crippen molar-refractivity contribution in [3.63, 3.8) is 0 Å². The van der Waals surface area contributed by atoms with Crippen LogP contribution in [-0.2, 0) is 11.2 Å². The van der Waals surface area contributed by atoms with E-state index in [9.17, 15) is 22.4 Å². The number of benzene rings is 1. The van der Waals surface area contributed by atoms with Gasteiger partial charge in [0.05, 0.1) is 5.54 Å². The molecule has 0 saturated carbocycles. The van der Waals surface area contributed by atoms with Gasteiger partial charge in [-0.3, -0.25) is 20.6 Å². The van der Waals surface area contributed by atoms with Gasteiger partial charge in [-0.2, -0.15) is 8.78 Å². The monoisotopic (exact) mass is 317 g/mol. The number of hydrogen-bond acceptors (Lipinski definition) is 3. The first kappa shape index (κ1) is 16.3. The van der Waals surface area contributed by atoms with Gasteiger partial charge in [0.15, 0.2) is 0 Å². The Morgan fingerprint density at radius 2 is 1.95 bits per heavy atom. The molecular weight excluding hydrogens is 302 g/mol. The van der Waals surface area contributed by atoms with Crippen molar-refractivity contribution in [2.75, 3.05) is 0 Å². The molecule has 4 nitrogen and oxygen atoms in total. The first-order valence-corrected chi connectivity index (χ1v) is 6.54. The molecule has 1 aromatic carbocycles. The van der Waals surface area contributed by atoms with Gasteiger partial charge < -0.3 is 0 Å². The molecule has 0 saturated heterocycles. The van der Waals surface area contributed by atoms with Crippen molar-refractivity contribution in [1.29, 1.82) is 0 Å². The Hall–Kier alpha value is -2.12. The molecule has 22 heavy (non-hydrogen) atoms. The van der Waals surface area contributed by atoms with E-state index in [1.54, 1.807) is 17.6 Å². The topological polar surface area (TPSA) is 53.5 Å². The highest BCUT2D eigenvalue weighted by atomic mass is 19.3. The average molecular weight is 317 g/mol. The molecule has 0 spiro atoms. The zero-order chi connectivity index (χ0) is 16.5. The number of carbonyl (C=O) groups excluding carboxylic acids is 1. The van der Waals surface area contributed by atoms with E-state index < -0.39 is 23.8 Å². The van der Waals surface area contributed by atoms with Gasteiger partial charge in [-0.1, -0.05) is 24.3 Å². The second kappa shape index (κ2) is 5.58. The number of nitrogens with zero attached hydrogens (tertiary/aromatic N) is 1. The highest BCUT2D eigenvalue weighted by molar-refractivity contribution is 6.02. The van der Waals surface area contributed by atoms with Gasteiger partial charge in [-0.25, -0.2) is 8.78 Å². The number of hydrazine groups is 1. The van der Waals surface area contributed by atoms with Crippen molar-refractivity contribution in [3.05, 3.63) is 35.4 Å². The van der Waals surface area contributed by atoms with Crippen molar-refractivity contribution >= 4 is 11.7 Å². The van der Waals surface area contributed by atoms with E-state index >= 15 is 0 Å². The lowest BCUT2D eigenvalue weighted by Crippen LogP contribution is -2.53. The molecule has 0 bridgehead atoms. The summed E-state index contributed by atoms with van der Waals surface area (Å²) >= 11 is 0. The first-order chi connectivity index (χ1) is 10.1. The van der Waals surface area contributed by atoms with E-state index in [-0.39, 0.29) is 5.84 Å². The minimum atomic E-state index is -4.77. The number of fused-ring (bicyclic) bond motifs is 1. The van der Waals surface area contributed by atoms with E-state index in [1.165, 1.54) is 0 Å². The molecule has 1 amide bonds. The Kier molecular flexibility index (Phi) is 4.12. The third kappa shape index (κ3) is 3.20. The molecule has 8 heteroatoms. The van der Waals surface area contributed by atoms with Crippen LogP contribution in [0.1, 0.15) is 25.0 Å². The lowest BCUT2D eigenvalue weighted by Gasteiger charge is -2.29. The van der Waals surface area contributed by atoms with Crippen LogP contribution >= 0.6 is 0 Å². The minimum Gasteiger partial charge on any atom is -0.281 e. The summed E-state index contributed by atoms with van der Waals surface area (Å²) in [6.07, 6.45) is -3.44. The molecule has 1 heterocycles. The number of hydrogen-bond donors (Lipinski definition) is 2. The van der Waals surface area contributed by atoms with Gasteiger partial charge in [-0.05, 0) is 25.8 Å². The number of halogens is 4. The normalized spacial score (nSPS) is 16.8. The second-order valence-corrected chi connectivity index (χ2v) is 5.61. The fourth-order valence-electron chi connectivity index (χ4n) is 2.17. The standard InChI is InChI=1S/C14H15F4N3O/c1-13(2)7-8-5-3-4-6-9(8)10(19-13)20-21-12(22)14(17,18)11(15)16/h3-6,11H,7H2,1-2H3,(H,19,20)(H,21,22). The van der Waals surface area contributed by atoms with Gasteiger partial charge in [-0.15, -0.1) is 0 Å². The smallest absolute Gasteiger partial charge is 0.281 e. The molecule has 120 valence electrons. The summed E-state index contributed by atoms with van der Waals surface area (Å²) in [6, 6.07) is 7.10. The second-order valence-electron chi connectivity index (χ2n) is 5.61. The van der Waals surface area contributed by atoms with E-state index in [1.807, 2.05) is 26.0 Å². The zero-order valence-electron chi connectivity index (χ0n) is 12.0. The Morgan fingerprint density at radius 3 is 2.59 bits per heavy atom. The Morgan fingerprint density at radius 1 is 1.32 bits per heavy atom. The van der Waals surface area contributed by atoms with Gasteiger partial charge in [0, 0.05) is 5.56 Å². The van der Waals surface area contributed by atoms with Crippen LogP contribution in [0.2, 0.25) is 0 Å². The van der Waals surface area contributed by atoms with Crippen molar-refractivity contribution in [1.82, 2.24) is 10.9 Å². The van der Waals surface area contributed by atoms with Crippen LogP contribution in [0.5, 0.6) is 0 Å². The average Bonchev–Trinajstić information content (AvgIpc) is 2.42. The van der Waals surface area contributed by atoms with Gasteiger partial charge in [0.25, 0.3) is 0 Å². The predicted octanol–water partition coefficient (Wildman–Crippen LogP) is 2.29. The first-order valence-electron chi connectivity index (χ1n) is 6.54. The van der Waals surface area contributed by atoms with Crippen LogP contribution < -0.4 is 10.9 Å². The van der Waals surface area contributed by atoms with Crippen LogP contribution in [0.25, 0.3) is 0 Å². The SMILES string of the molecule is CC1(C)Cc2ccccc2C(NNC(=O)C(F)(F)C(F)F)=N1. The van der Waals surface area contributed by atoms with E-state index in [4.69, 9.17) is 0 Å². The fraction of sp³-hybridized carbons (Fsp3) is 0.429. The summed E-state index contributed by atoms with van der Waals surface area (Å²) in [6.45, 7) is 3.67. The van der Waals surface area contributed by atoms with E-state index in [0.29, 0.717) is 12.0 Å². The molecule has 1 aromatic rings. The maximum absolute atomic E-state index is 12.9. The Labute approximate surface area is 124 Å². The highest BCUT2D eigenvalue weighted by Gasteiger charge is 2.49. The molecule has 1 aliphatic heterocycles. The summed E-state index contributed by atoms with van der Waals surface area (Å²) in [5.74, 6) is -6.71. The van der Waals surface area contributed by atoms with Crippen LogP contribution in [0.4, 0.5) is 17.6 Å². The lowest BCUT2D eigenvalue weighted by atomic mass is 9.89. The maximum Gasteiger partial charge on any atom is 0.385 e. The van der Waals surface area contributed by atoms with Crippen LogP contribution in [-0.4, -0.2) is 29.6 Å². The zero-order valence-corrected chi connectivity index (χ0v) is 12.0. The van der Waals surface area contributed by atoms with Crippen molar-refractivity contribution in [2.24, 2.45) is 4.99 Å². The molecule has 0 aliphatic carbocycles. The number of alkyl halides is 4. The number of aliphatic imine (C=N–C) groups is 1. The Bertz CT molecular complexity index is 614. The number of carbonyl (C=O) groups is 1. The summed E-state index contributed by atoms with van der Waals surface area (Å²) in [4.78, 5) is 15.5. The number of rotatable bonds is 2. The number of amides is 1. The summed E-state index contributed by atoms with van der Waals surface area (Å²) < 4.78 is 50.0. The molecule has 2 rings (SSSR count). The maximum atomic E-state index is 12.9. The molecule has 0 unspecified atom stereocenters. The molecule has 0 atom stereocenters. The summed E-state index contributed by atoms with van der Waals surface area (Å²) in [5.41, 5.74) is 4.87.